The Hall–Kier alpha value is -0.0900. The first-order valence-corrected chi connectivity index (χ1v) is 10.3. The standard InChI is InChI=1S/C17H24I2N2O2/c1-3-21(4-2)17(23)12-5-7-20(8-6-12)11-13-9-14(18)10-15(19)16(13)22/h9-10,12,22H,3-8,11H2,1-2H3. The molecule has 1 aromatic rings. The fourth-order valence-corrected chi connectivity index (χ4v) is 5.08. The van der Waals surface area contributed by atoms with Gasteiger partial charge in [-0.1, -0.05) is 0 Å². The molecule has 0 atom stereocenters. The van der Waals surface area contributed by atoms with Crippen LogP contribution in [0.1, 0.15) is 32.3 Å². The zero-order chi connectivity index (χ0) is 17.0. The molecule has 4 nitrogen and oxygen atoms in total. The molecule has 2 rings (SSSR count). The van der Waals surface area contributed by atoms with Crippen LogP contribution in [0.5, 0.6) is 5.75 Å². The van der Waals surface area contributed by atoms with Crippen molar-refractivity contribution in [2.45, 2.75) is 33.2 Å². The third-order valence-electron chi connectivity index (χ3n) is 4.51. The molecule has 1 aliphatic heterocycles. The highest BCUT2D eigenvalue weighted by molar-refractivity contribution is 14.1. The molecule has 1 saturated heterocycles. The highest BCUT2D eigenvalue weighted by atomic mass is 127. The molecule has 1 amide bonds. The van der Waals surface area contributed by atoms with E-state index in [0.717, 1.165) is 58.3 Å². The first-order valence-electron chi connectivity index (χ1n) is 8.14. The second-order valence-corrected chi connectivity index (χ2v) is 8.36. The highest BCUT2D eigenvalue weighted by Gasteiger charge is 2.27. The van der Waals surface area contributed by atoms with Crippen LogP contribution < -0.4 is 0 Å². The van der Waals surface area contributed by atoms with Crippen LogP contribution in [-0.2, 0) is 11.3 Å². The molecule has 1 fully saturated rings. The lowest BCUT2D eigenvalue weighted by molar-refractivity contribution is -0.136. The van der Waals surface area contributed by atoms with Crippen molar-refractivity contribution >= 4 is 51.1 Å². The zero-order valence-corrected chi connectivity index (χ0v) is 18.0. The number of piperidine rings is 1. The Labute approximate surface area is 165 Å². The van der Waals surface area contributed by atoms with E-state index in [9.17, 15) is 9.90 Å². The Morgan fingerprint density at radius 2 is 1.87 bits per heavy atom. The summed E-state index contributed by atoms with van der Waals surface area (Å²) in [5.74, 6) is 0.865. The number of likely N-dealkylation sites (tertiary alicyclic amines) is 1. The molecular formula is C17H24I2N2O2. The predicted molar refractivity (Wildman–Crippen MR) is 109 cm³/mol. The number of benzene rings is 1. The zero-order valence-electron chi connectivity index (χ0n) is 13.7. The van der Waals surface area contributed by atoms with Gasteiger partial charge in [0, 0.05) is 34.7 Å². The summed E-state index contributed by atoms with van der Waals surface area (Å²) in [4.78, 5) is 16.7. The average Bonchev–Trinajstić information content (AvgIpc) is 2.54. The maximum absolute atomic E-state index is 12.4. The van der Waals surface area contributed by atoms with Crippen molar-refractivity contribution in [1.29, 1.82) is 0 Å². The molecule has 0 bridgehead atoms. The van der Waals surface area contributed by atoms with Gasteiger partial charge in [-0.15, -0.1) is 0 Å². The molecule has 0 radical (unpaired) electrons. The second-order valence-electron chi connectivity index (χ2n) is 5.96. The number of amides is 1. The third-order valence-corrected chi connectivity index (χ3v) is 5.96. The van der Waals surface area contributed by atoms with Crippen LogP contribution in [0.25, 0.3) is 0 Å². The van der Waals surface area contributed by atoms with Crippen molar-refractivity contribution in [3.05, 3.63) is 24.8 Å². The topological polar surface area (TPSA) is 43.8 Å². The molecule has 1 aliphatic rings. The number of halogens is 2. The first-order chi connectivity index (χ1) is 11.0. The van der Waals surface area contributed by atoms with Crippen molar-refractivity contribution in [2.24, 2.45) is 5.92 Å². The number of phenolic OH excluding ortho intramolecular Hbond substituents is 1. The minimum absolute atomic E-state index is 0.163. The minimum atomic E-state index is 0.163. The minimum Gasteiger partial charge on any atom is -0.507 e. The Balaban J connectivity index is 1.94. The number of hydrogen-bond donors (Lipinski definition) is 1. The van der Waals surface area contributed by atoms with E-state index in [4.69, 9.17) is 0 Å². The van der Waals surface area contributed by atoms with E-state index in [-0.39, 0.29) is 5.92 Å². The molecule has 0 saturated carbocycles. The lowest BCUT2D eigenvalue weighted by Gasteiger charge is -2.33. The quantitative estimate of drug-likeness (QED) is 0.578. The fourth-order valence-electron chi connectivity index (χ4n) is 3.11. The molecule has 0 unspecified atom stereocenters. The Morgan fingerprint density at radius 1 is 1.26 bits per heavy atom. The summed E-state index contributed by atoms with van der Waals surface area (Å²) in [7, 11) is 0. The maximum Gasteiger partial charge on any atom is 0.225 e. The van der Waals surface area contributed by atoms with Gasteiger partial charge in [0.15, 0.2) is 0 Å². The fraction of sp³-hybridized carbons (Fsp3) is 0.588. The third kappa shape index (κ3) is 4.94. The van der Waals surface area contributed by atoms with Gasteiger partial charge in [0.25, 0.3) is 0 Å². The van der Waals surface area contributed by atoms with E-state index in [1.165, 1.54) is 0 Å². The van der Waals surface area contributed by atoms with E-state index in [1.807, 2.05) is 30.9 Å². The molecule has 1 heterocycles. The number of carbonyl (C=O) groups is 1. The molecule has 1 aromatic carbocycles. The van der Waals surface area contributed by atoms with E-state index >= 15 is 0 Å². The number of hydrogen-bond acceptors (Lipinski definition) is 3. The molecular weight excluding hydrogens is 518 g/mol. The lowest BCUT2D eigenvalue weighted by Crippen LogP contribution is -2.42. The van der Waals surface area contributed by atoms with Gasteiger partial charge in [0.1, 0.15) is 5.75 Å². The summed E-state index contributed by atoms with van der Waals surface area (Å²) in [5.41, 5.74) is 0.981. The molecule has 0 spiro atoms. The van der Waals surface area contributed by atoms with Crippen LogP contribution in [0.3, 0.4) is 0 Å². The average molecular weight is 542 g/mol. The van der Waals surface area contributed by atoms with Crippen molar-refractivity contribution < 1.29 is 9.90 Å². The summed E-state index contributed by atoms with van der Waals surface area (Å²) in [6.07, 6.45) is 1.83. The van der Waals surface area contributed by atoms with Crippen molar-refractivity contribution in [2.75, 3.05) is 26.2 Å². The molecule has 1 N–H and O–H groups in total. The van der Waals surface area contributed by atoms with Crippen LogP contribution >= 0.6 is 45.2 Å². The second kappa shape index (κ2) is 8.84. The molecule has 6 heteroatoms. The van der Waals surface area contributed by atoms with Crippen LogP contribution in [0.2, 0.25) is 0 Å². The van der Waals surface area contributed by atoms with Gasteiger partial charge in [0.05, 0.1) is 3.57 Å². The smallest absolute Gasteiger partial charge is 0.225 e. The summed E-state index contributed by atoms with van der Waals surface area (Å²) >= 11 is 4.46. The van der Waals surface area contributed by atoms with Gasteiger partial charge >= 0.3 is 0 Å². The molecule has 128 valence electrons. The van der Waals surface area contributed by atoms with Crippen molar-refractivity contribution in [3.63, 3.8) is 0 Å². The van der Waals surface area contributed by atoms with Crippen LogP contribution in [0, 0.1) is 13.1 Å². The monoisotopic (exact) mass is 542 g/mol. The van der Waals surface area contributed by atoms with Crippen molar-refractivity contribution in [3.8, 4) is 5.75 Å². The van der Waals surface area contributed by atoms with Gasteiger partial charge in [-0.3, -0.25) is 9.69 Å². The number of aromatic hydroxyl groups is 1. The number of nitrogens with zero attached hydrogens (tertiary/aromatic N) is 2. The number of carbonyl (C=O) groups excluding carboxylic acids is 1. The normalized spacial score (nSPS) is 16.5. The van der Waals surface area contributed by atoms with Crippen LogP contribution in [0.4, 0.5) is 0 Å². The Morgan fingerprint density at radius 3 is 2.43 bits per heavy atom. The Bertz CT molecular complexity index is 554. The van der Waals surface area contributed by atoms with Crippen LogP contribution in [0.15, 0.2) is 12.1 Å². The van der Waals surface area contributed by atoms with Gasteiger partial charge in [-0.05, 0) is 97.1 Å². The Kier molecular flexibility index (Phi) is 7.40. The lowest BCUT2D eigenvalue weighted by atomic mass is 9.95. The van der Waals surface area contributed by atoms with Gasteiger partial charge < -0.3 is 10.0 Å². The maximum atomic E-state index is 12.4. The predicted octanol–water partition coefficient (Wildman–Crippen LogP) is 3.68. The highest BCUT2D eigenvalue weighted by Crippen LogP contribution is 2.29. The summed E-state index contributed by atoms with van der Waals surface area (Å²) < 4.78 is 2.04. The SMILES string of the molecule is CCN(CC)C(=O)C1CCN(Cc2cc(I)cc(I)c2O)CC1. The van der Waals surface area contributed by atoms with E-state index in [2.05, 4.69) is 50.1 Å². The van der Waals surface area contributed by atoms with E-state index < -0.39 is 0 Å². The van der Waals surface area contributed by atoms with Gasteiger partial charge in [0.2, 0.25) is 5.91 Å². The van der Waals surface area contributed by atoms with Crippen molar-refractivity contribution in [1.82, 2.24) is 9.80 Å². The van der Waals surface area contributed by atoms with E-state index in [0.29, 0.717) is 11.7 Å². The van der Waals surface area contributed by atoms with Gasteiger partial charge in [-0.2, -0.15) is 0 Å². The molecule has 0 aromatic heterocycles. The molecule has 0 aliphatic carbocycles. The van der Waals surface area contributed by atoms with Crippen LogP contribution in [-0.4, -0.2) is 47.0 Å². The number of phenols is 1. The van der Waals surface area contributed by atoms with E-state index in [1.54, 1.807) is 0 Å². The molecule has 23 heavy (non-hydrogen) atoms. The summed E-state index contributed by atoms with van der Waals surface area (Å²) in [6, 6.07) is 4.03. The van der Waals surface area contributed by atoms with Gasteiger partial charge in [-0.25, -0.2) is 0 Å². The first kappa shape index (κ1) is 19.2. The summed E-state index contributed by atoms with van der Waals surface area (Å²) in [5, 5.41) is 10.2. The largest absolute Gasteiger partial charge is 0.507 e. The number of rotatable bonds is 5. The summed E-state index contributed by atoms with van der Waals surface area (Å²) in [6.45, 7) is 8.26.